The van der Waals surface area contributed by atoms with Crippen LogP contribution in [0, 0.1) is 5.92 Å². The van der Waals surface area contributed by atoms with E-state index in [1.807, 2.05) is 13.8 Å². The molecular formula is C35H58N10O13. The fraction of sp³-hybridized carbons (Fsp3) is 0.714. The van der Waals surface area contributed by atoms with E-state index in [0.717, 1.165) is 0 Å². The Hall–Kier alpha value is -5.58. The summed E-state index contributed by atoms with van der Waals surface area (Å²) in [6, 6.07) is -9.18. The maximum absolute atomic E-state index is 13.8. The van der Waals surface area contributed by atoms with Crippen molar-refractivity contribution in [2.75, 3.05) is 26.2 Å². The Morgan fingerprint density at radius 1 is 0.707 bits per heavy atom. The summed E-state index contributed by atoms with van der Waals surface area (Å²) < 4.78 is 0. The highest BCUT2D eigenvalue weighted by Gasteiger charge is 2.43. The molecule has 2 fully saturated rings. The highest BCUT2D eigenvalue weighted by atomic mass is 16.4. The molecule has 0 bridgehead atoms. The van der Waals surface area contributed by atoms with E-state index in [1.54, 1.807) is 0 Å². The van der Waals surface area contributed by atoms with Gasteiger partial charge in [0.2, 0.25) is 35.4 Å². The van der Waals surface area contributed by atoms with E-state index in [0.29, 0.717) is 32.2 Å². The van der Waals surface area contributed by atoms with E-state index >= 15 is 0 Å². The van der Waals surface area contributed by atoms with Crippen LogP contribution in [0.5, 0.6) is 0 Å². The second-order valence-electron chi connectivity index (χ2n) is 14.7. The van der Waals surface area contributed by atoms with E-state index in [-0.39, 0.29) is 50.1 Å². The topological polar surface area (TPSA) is 380 Å². The van der Waals surface area contributed by atoms with Crippen LogP contribution in [0.3, 0.4) is 0 Å². The summed E-state index contributed by atoms with van der Waals surface area (Å²) in [6.45, 7) is 3.41. The number of nitrogens with two attached hydrogens (primary N) is 3. The second-order valence-corrected chi connectivity index (χ2v) is 14.7. The molecule has 14 N–H and O–H groups in total. The van der Waals surface area contributed by atoms with Crippen molar-refractivity contribution in [1.29, 1.82) is 0 Å². The SMILES string of the molecule is CC(C)CC(N)C(=O)N1CCCC1C(=O)N1CCCC1C(=O)NC(CO)C(=O)NC(CCCN=C(N)N)C(=O)NC(CCC(=O)O)C(=O)NC(CCC(=O)O)C(=O)O. The summed E-state index contributed by atoms with van der Waals surface area (Å²) in [4.78, 5) is 121. The molecule has 2 saturated heterocycles. The number of aliphatic hydroxyl groups excluding tert-OH is 1. The Bertz CT molecular complexity index is 1540. The summed E-state index contributed by atoms with van der Waals surface area (Å²) >= 11 is 0. The molecule has 0 aromatic rings. The van der Waals surface area contributed by atoms with Crippen molar-refractivity contribution in [2.45, 2.75) is 127 Å². The number of carboxylic acids is 3. The number of likely N-dealkylation sites (tertiary alicyclic amines) is 2. The third-order valence-corrected chi connectivity index (χ3v) is 9.64. The number of nitrogens with zero attached hydrogens (tertiary/aromatic N) is 3. The lowest BCUT2D eigenvalue weighted by Crippen LogP contribution is -2.60. The number of aliphatic hydroxyl groups is 1. The van der Waals surface area contributed by atoms with Gasteiger partial charge in [-0.05, 0) is 63.7 Å². The Balaban J connectivity index is 2.24. The van der Waals surface area contributed by atoms with Gasteiger partial charge in [-0.1, -0.05) is 13.8 Å². The molecule has 0 spiro atoms. The minimum atomic E-state index is -1.70. The van der Waals surface area contributed by atoms with Gasteiger partial charge in [0.15, 0.2) is 5.96 Å². The van der Waals surface area contributed by atoms with E-state index in [9.17, 15) is 58.5 Å². The molecule has 0 aromatic heterocycles. The molecule has 6 amide bonds. The Labute approximate surface area is 334 Å². The van der Waals surface area contributed by atoms with Gasteiger partial charge in [0, 0.05) is 32.5 Å². The fourth-order valence-electron chi connectivity index (χ4n) is 6.72. The third kappa shape index (κ3) is 15.4. The first-order chi connectivity index (χ1) is 27.3. The average molecular weight is 827 g/mol. The summed E-state index contributed by atoms with van der Waals surface area (Å²) in [5.41, 5.74) is 16.9. The van der Waals surface area contributed by atoms with Crippen molar-refractivity contribution in [1.82, 2.24) is 31.1 Å². The third-order valence-electron chi connectivity index (χ3n) is 9.64. The summed E-state index contributed by atoms with van der Waals surface area (Å²) in [6.07, 6.45) is -0.429. The zero-order chi connectivity index (χ0) is 43.7. The van der Waals surface area contributed by atoms with Crippen LogP contribution in [-0.2, 0) is 43.2 Å². The number of nitrogens with one attached hydrogen (secondary N) is 4. The molecule has 0 aliphatic carbocycles. The minimum absolute atomic E-state index is 0.0197. The molecule has 2 aliphatic heterocycles. The van der Waals surface area contributed by atoms with Gasteiger partial charge in [0.05, 0.1) is 12.6 Å². The first kappa shape index (κ1) is 48.6. The van der Waals surface area contributed by atoms with Crippen LogP contribution in [0.15, 0.2) is 4.99 Å². The number of carbonyl (C=O) groups excluding carboxylic acids is 6. The standard InChI is InChI=1S/C35H58N10O13/c1-18(2)16-19(36)32(55)45-15-5-8-25(45)33(56)44-14-4-7-24(44)31(54)43-23(17-46)30(53)40-20(6-3-13-39-35(37)38)28(51)41-21(9-11-26(47)48)29(52)42-22(34(57)58)10-12-27(49)50/h18-25,46H,3-17,36H2,1-2H3,(H,40,53)(H,41,51)(H,42,52)(H,43,54)(H,47,48)(H,49,50)(H,57,58)(H4,37,38,39). The molecule has 0 saturated carbocycles. The second kappa shape index (κ2) is 23.6. The zero-order valence-electron chi connectivity index (χ0n) is 32.8. The van der Waals surface area contributed by atoms with Crippen molar-refractivity contribution in [3.05, 3.63) is 0 Å². The van der Waals surface area contributed by atoms with Gasteiger partial charge < -0.3 is 68.7 Å². The number of amides is 6. The Morgan fingerprint density at radius 3 is 1.72 bits per heavy atom. The van der Waals surface area contributed by atoms with E-state index in [2.05, 4.69) is 26.3 Å². The average Bonchev–Trinajstić information content (AvgIpc) is 3.84. The molecule has 0 radical (unpaired) electrons. The van der Waals surface area contributed by atoms with Gasteiger partial charge in [0.25, 0.3) is 0 Å². The number of guanidine groups is 1. The molecule has 0 aromatic carbocycles. The van der Waals surface area contributed by atoms with Crippen LogP contribution in [0.25, 0.3) is 0 Å². The van der Waals surface area contributed by atoms with Crippen LogP contribution in [0.1, 0.15) is 84.5 Å². The first-order valence-corrected chi connectivity index (χ1v) is 19.2. The lowest BCUT2D eigenvalue weighted by Gasteiger charge is -2.32. The molecule has 2 rings (SSSR count). The smallest absolute Gasteiger partial charge is 0.326 e. The monoisotopic (exact) mass is 826 g/mol. The minimum Gasteiger partial charge on any atom is -0.481 e. The van der Waals surface area contributed by atoms with Crippen LogP contribution in [0.4, 0.5) is 0 Å². The Morgan fingerprint density at radius 2 is 1.21 bits per heavy atom. The fourth-order valence-corrected chi connectivity index (χ4v) is 6.72. The predicted octanol–water partition coefficient (Wildman–Crippen LogP) is -3.86. The van der Waals surface area contributed by atoms with Crippen LogP contribution in [0.2, 0.25) is 0 Å². The van der Waals surface area contributed by atoms with Crippen LogP contribution < -0.4 is 38.5 Å². The summed E-state index contributed by atoms with van der Waals surface area (Å²) in [5.74, 6) is -9.21. The quantitative estimate of drug-likeness (QED) is 0.0252. The highest BCUT2D eigenvalue weighted by Crippen LogP contribution is 2.26. The van der Waals surface area contributed by atoms with Gasteiger partial charge in [-0.15, -0.1) is 0 Å². The highest BCUT2D eigenvalue weighted by molar-refractivity contribution is 5.97. The molecule has 2 heterocycles. The number of aliphatic imine (C=N–C) groups is 1. The Kier molecular flexibility index (Phi) is 19.8. The molecule has 58 heavy (non-hydrogen) atoms. The zero-order valence-corrected chi connectivity index (χ0v) is 32.8. The number of hydrogen-bond donors (Lipinski definition) is 11. The normalized spacial score (nSPS) is 18.9. The van der Waals surface area contributed by atoms with E-state index in [4.69, 9.17) is 22.3 Å². The van der Waals surface area contributed by atoms with E-state index in [1.165, 1.54) is 9.80 Å². The van der Waals surface area contributed by atoms with Crippen LogP contribution >= 0.6 is 0 Å². The van der Waals surface area contributed by atoms with Gasteiger partial charge in [0.1, 0.15) is 36.3 Å². The summed E-state index contributed by atoms with van der Waals surface area (Å²) in [7, 11) is 0. The molecule has 23 nitrogen and oxygen atoms in total. The lowest BCUT2D eigenvalue weighted by atomic mass is 10.0. The van der Waals surface area contributed by atoms with E-state index < -0.39 is 122 Å². The maximum atomic E-state index is 13.8. The molecule has 2 aliphatic rings. The number of aliphatic carboxylic acids is 3. The molecule has 7 unspecified atom stereocenters. The summed E-state index contributed by atoms with van der Waals surface area (Å²) in [5, 5.41) is 47.0. The largest absolute Gasteiger partial charge is 0.481 e. The number of rotatable bonds is 24. The van der Waals surface area contributed by atoms with Crippen LogP contribution in [-0.4, -0.2) is 158 Å². The van der Waals surface area contributed by atoms with Gasteiger partial charge in [-0.25, -0.2) is 4.79 Å². The molecule has 23 heteroatoms. The number of carboxylic acid groups (broad SMARTS) is 3. The van der Waals surface area contributed by atoms with Crippen molar-refractivity contribution in [3.63, 3.8) is 0 Å². The van der Waals surface area contributed by atoms with Gasteiger partial charge in [-0.3, -0.25) is 43.3 Å². The molecule has 326 valence electrons. The predicted molar refractivity (Wildman–Crippen MR) is 203 cm³/mol. The van der Waals surface area contributed by atoms with Crippen molar-refractivity contribution >= 4 is 59.3 Å². The van der Waals surface area contributed by atoms with Gasteiger partial charge in [-0.2, -0.15) is 0 Å². The first-order valence-electron chi connectivity index (χ1n) is 19.2. The van der Waals surface area contributed by atoms with Crippen molar-refractivity contribution in [3.8, 4) is 0 Å². The van der Waals surface area contributed by atoms with Crippen molar-refractivity contribution in [2.24, 2.45) is 28.1 Å². The number of carbonyl (C=O) groups is 9. The number of hydrogen-bond acceptors (Lipinski definition) is 12. The molecular weight excluding hydrogens is 768 g/mol. The maximum Gasteiger partial charge on any atom is 0.326 e. The van der Waals surface area contributed by atoms with Crippen molar-refractivity contribution < 1.29 is 63.6 Å². The molecule has 7 atom stereocenters. The van der Waals surface area contributed by atoms with Gasteiger partial charge >= 0.3 is 17.9 Å². The lowest BCUT2D eigenvalue weighted by molar-refractivity contribution is -0.147.